The predicted octanol–water partition coefficient (Wildman–Crippen LogP) is 4.13. The van der Waals surface area contributed by atoms with Crippen molar-refractivity contribution in [2.45, 2.75) is 6.42 Å². The van der Waals surface area contributed by atoms with Crippen LogP contribution in [-0.2, 0) is 6.42 Å². The molecule has 0 unspecified atom stereocenters. The maximum Gasteiger partial charge on any atom is 2.00 e. The van der Waals surface area contributed by atoms with E-state index in [0.29, 0.717) is 29.4 Å². The molecule has 0 fully saturated rings. The van der Waals surface area contributed by atoms with Crippen LogP contribution < -0.4 is 18.9 Å². The van der Waals surface area contributed by atoms with Gasteiger partial charge in [-0.25, -0.2) is 0 Å². The van der Waals surface area contributed by atoms with Gasteiger partial charge in [-0.1, -0.05) is 6.07 Å². The van der Waals surface area contributed by atoms with Crippen LogP contribution in [0.5, 0.6) is 23.0 Å². The number of hydrogen-bond donors (Lipinski definition) is 0. The van der Waals surface area contributed by atoms with Crippen LogP contribution in [0.25, 0.3) is 10.8 Å². The van der Waals surface area contributed by atoms with Crippen molar-refractivity contribution in [3.8, 4) is 23.0 Å². The third-order valence-corrected chi connectivity index (χ3v) is 4.17. The van der Waals surface area contributed by atoms with Crippen LogP contribution in [0.2, 0.25) is 0 Å². The number of nitrogens with zero attached hydrogens (tertiary/aromatic N) is 1. The fourth-order valence-corrected chi connectivity index (χ4v) is 2.88. The number of halogens is 1. The quantitative estimate of drug-likeness (QED) is 0.564. The molecule has 0 radical (unpaired) electrons. The summed E-state index contributed by atoms with van der Waals surface area (Å²) in [6.07, 6.45) is 2.48. The molecule has 0 spiro atoms. The van der Waals surface area contributed by atoms with E-state index < -0.39 is 0 Å². The molecule has 0 aliphatic carbocycles. The van der Waals surface area contributed by atoms with Crippen molar-refractivity contribution >= 4 is 60.9 Å². The first-order valence-corrected chi connectivity index (χ1v) is 7.90. The Kier molecular flexibility index (Phi) is 9.46. The van der Waals surface area contributed by atoms with E-state index in [2.05, 4.69) is 4.98 Å². The van der Waals surface area contributed by atoms with Gasteiger partial charge in [-0.3, -0.25) is 4.98 Å². The van der Waals surface area contributed by atoms with Crippen LogP contribution >= 0.6 is 12.4 Å². The molecular formula is C20H24CaClNO4. The van der Waals surface area contributed by atoms with Crippen LogP contribution in [0.3, 0.4) is 0 Å². The van der Waals surface area contributed by atoms with Crippen molar-refractivity contribution in [1.82, 2.24) is 4.98 Å². The molecule has 7 heteroatoms. The summed E-state index contributed by atoms with van der Waals surface area (Å²) < 4.78 is 21.5. The SMILES string of the molecule is COc1ccc(Cc2nccc3cc(OC)c(OC)cc23)cc1OC.Cl.[Ca+2].[H-].[H-]. The van der Waals surface area contributed by atoms with E-state index in [1.807, 2.05) is 42.6 Å². The average Bonchev–Trinajstić information content (AvgIpc) is 2.66. The summed E-state index contributed by atoms with van der Waals surface area (Å²) in [5, 5.41) is 2.10. The van der Waals surface area contributed by atoms with Crippen molar-refractivity contribution in [3.05, 3.63) is 53.9 Å². The van der Waals surface area contributed by atoms with Crippen LogP contribution in [-0.4, -0.2) is 71.2 Å². The third kappa shape index (κ3) is 5.11. The van der Waals surface area contributed by atoms with Crippen LogP contribution in [0, 0.1) is 0 Å². The maximum atomic E-state index is 5.43. The molecule has 0 saturated carbocycles. The summed E-state index contributed by atoms with van der Waals surface area (Å²) in [6.45, 7) is 0. The minimum Gasteiger partial charge on any atom is -1.00 e. The van der Waals surface area contributed by atoms with Crippen molar-refractivity contribution < 1.29 is 21.8 Å². The first-order chi connectivity index (χ1) is 12.2. The normalized spacial score (nSPS) is 9.78. The maximum absolute atomic E-state index is 5.43. The minimum atomic E-state index is 0. The fraction of sp³-hybridized carbons (Fsp3) is 0.250. The van der Waals surface area contributed by atoms with Crippen molar-refractivity contribution in [1.29, 1.82) is 0 Å². The molecule has 142 valence electrons. The Morgan fingerprint density at radius 1 is 0.778 bits per heavy atom. The number of hydrogen-bond acceptors (Lipinski definition) is 5. The predicted molar refractivity (Wildman–Crippen MR) is 112 cm³/mol. The summed E-state index contributed by atoms with van der Waals surface area (Å²) in [7, 11) is 6.53. The Balaban J connectivity index is 0. The number of pyridine rings is 1. The fourth-order valence-electron chi connectivity index (χ4n) is 2.88. The molecular weight excluding hydrogens is 394 g/mol. The van der Waals surface area contributed by atoms with Crippen LogP contribution in [0.4, 0.5) is 0 Å². The molecule has 0 aliphatic rings. The second kappa shape index (κ2) is 10.8. The van der Waals surface area contributed by atoms with E-state index in [0.717, 1.165) is 22.0 Å². The van der Waals surface area contributed by atoms with Gasteiger partial charge in [0.2, 0.25) is 0 Å². The molecule has 1 heterocycles. The Labute approximate surface area is 198 Å². The first-order valence-electron chi connectivity index (χ1n) is 7.90. The Morgan fingerprint density at radius 3 is 2.00 bits per heavy atom. The van der Waals surface area contributed by atoms with Crippen LogP contribution in [0.15, 0.2) is 42.6 Å². The summed E-state index contributed by atoms with van der Waals surface area (Å²) in [5.41, 5.74) is 2.05. The molecule has 1 aromatic heterocycles. The number of ether oxygens (including phenoxy) is 4. The van der Waals surface area contributed by atoms with Crippen molar-refractivity contribution in [2.75, 3.05) is 28.4 Å². The average molecular weight is 418 g/mol. The minimum absolute atomic E-state index is 0. The van der Waals surface area contributed by atoms with Gasteiger partial charge in [0, 0.05) is 18.0 Å². The van der Waals surface area contributed by atoms with Gasteiger partial charge in [0.25, 0.3) is 0 Å². The zero-order chi connectivity index (χ0) is 17.8. The largest absolute Gasteiger partial charge is 2.00 e. The van der Waals surface area contributed by atoms with Gasteiger partial charge in [0.05, 0.1) is 34.1 Å². The zero-order valence-electron chi connectivity index (χ0n) is 17.9. The van der Waals surface area contributed by atoms with Gasteiger partial charge >= 0.3 is 37.7 Å². The number of fused-ring (bicyclic) bond motifs is 1. The topological polar surface area (TPSA) is 49.8 Å². The second-order valence-electron chi connectivity index (χ2n) is 5.55. The Bertz CT molecular complexity index is 915. The summed E-state index contributed by atoms with van der Waals surface area (Å²) in [4.78, 5) is 4.56. The molecule has 3 aromatic rings. The molecule has 0 bridgehead atoms. The zero-order valence-corrected chi connectivity index (χ0v) is 19.0. The molecule has 0 atom stereocenters. The van der Waals surface area contributed by atoms with Crippen molar-refractivity contribution in [2.24, 2.45) is 0 Å². The summed E-state index contributed by atoms with van der Waals surface area (Å²) in [6, 6.07) is 11.8. The molecule has 0 saturated heterocycles. The van der Waals surface area contributed by atoms with Gasteiger partial charge in [-0.05, 0) is 41.3 Å². The molecule has 0 N–H and O–H groups in total. The van der Waals surface area contributed by atoms with E-state index in [4.69, 9.17) is 18.9 Å². The Morgan fingerprint density at radius 2 is 1.37 bits per heavy atom. The molecule has 3 rings (SSSR count). The summed E-state index contributed by atoms with van der Waals surface area (Å²) >= 11 is 0. The van der Waals surface area contributed by atoms with E-state index in [9.17, 15) is 0 Å². The first kappa shape index (κ1) is 23.6. The van der Waals surface area contributed by atoms with Gasteiger partial charge in [0.1, 0.15) is 0 Å². The van der Waals surface area contributed by atoms with Gasteiger partial charge in [0.15, 0.2) is 23.0 Å². The standard InChI is InChI=1S/C20H21NO4.Ca.ClH.2H/c1-22-17-6-5-13(10-18(17)23-2)9-16-15-12-20(25-4)19(24-3)11-14(15)7-8-21-16;;;;/h5-8,10-12H,9H2,1-4H3;;1H;;/q;+2;;2*-1. The Hall–Kier alpha value is -1.40. The second-order valence-corrected chi connectivity index (χ2v) is 5.55. The summed E-state index contributed by atoms with van der Waals surface area (Å²) in [5.74, 6) is 2.82. The monoisotopic (exact) mass is 417 g/mol. The van der Waals surface area contributed by atoms with Gasteiger partial charge in [-0.2, -0.15) is 0 Å². The van der Waals surface area contributed by atoms with Gasteiger partial charge < -0.3 is 21.8 Å². The molecule has 27 heavy (non-hydrogen) atoms. The number of methoxy groups -OCH3 is 4. The molecule has 5 nitrogen and oxygen atoms in total. The number of aromatic nitrogens is 1. The molecule has 0 amide bonds. The van der Waals surface area contributed by atoms with E-state index in [1.165, 1.54) is 0 Å². The van der Waals surface area contributed by atoms with E-state index in [-0.39, 0.29) is 53.0 Å². The number of benzene rings is 2. The molecule has 0 aliphatic heterocycles. The van der Waals surface area contributed by atoms with E-state index in [1.54, 1.807) is 28.4 Å². The van der Waals surface area contributed by atoms with Crippen molar-refractivity contribution in [3.63, 3.8) is 0 Å². The third-order valence-electron chi connectivity index (χ3n) is 4.17. The van der Waals surface area contributed by atoms with E-state index >= 15 is 0 Å². The number of rotatable bonds is 6. The van der Waals surface area contributed by atoms with Crippen LogP contribution in [0.1, 0.15) is 14.1 Å². The van der Waals surface area contributed by atoms with Gasteiger partial charge in [-0.15, -0.1) is 12.4 Å². The molecule has 2 aromatic carbocycles. The smallest absolute Gasteiger partial charge is 1.00 e.